The molecule has 13 atom stereocenters. The van der Waals surface area contributed by atoms with Gasteiger partial charge in [0.15, 0.2) is 23.5 Å². The molecule has 3 saturated heterocycles. The van der Waals surface area contributed by atoms with E-state index in [1.54, 1.807) is 66.1 Å². The summed E-state index contributed by atoms with van der Waals surface area (Å²) < 4.78 is 30.6. The van der Waals surface area contributed by atoms with Gasteiger partial charge in [-0.15, -0.1) is 0 Å². The van der Waals surface area contributed by atoms with Crippen molar-refractivity contribution < 1.29 is 52.8 Å². The number of aromatic nitrogens is 2. The Morgan fingerprint density at radius 3 is 2.31 bits per heavy atom. The van der Waals surface area contributed by atoms with Crippen molar-refractivity contribution in [2.75, 3.05) is 14.1 Å². The fourth-order valence-electron chi connectivity index (χ4n) is 8.72. The van der Waals surface area contributed by atoms with Crippen LogP contribution in [-0.4, -0.2) is 118 Å². The zero-order valence-electron chi connectivity index (χ0n) is 35.5. The van der Waals surface area contributed by atoms with Crippen molar-refractivity contribution >= 4 is 35.8 Å². The van der Waals surface area contributed by atoms with Gasteiger partial charge in [0, 0.05) is 48.0 Å². The molecule has 0 spiro atoms. The predicted octanol–water partition coefficient (Wildman–Crippen LogP) is 4.69. The number of rotatable bonds is 8. The van der Waals surface area contributed by atoms with Gasteiger partial charge in [-0.25, -0.2) is 19.6 Å². The molecule has 1 aromatic heterocycles. The third-order valence-corrected chi connectivity index (χ3v) is 12.0. The zero-order valence-corrected chi connectivity index (χ0v) is 35.5. The van der Waals surface area contributed by atoms with Crippen LogP contribution in [-0.2, 0) is 38.1 Å². The summed E-state index contributed by atoms with van der Waals surface area (Å²) in [5, 5.41) is 16.9. The molecule has 2 amide bonds. The van der Waals surface area contributed by atoms with Crippen LogP contribution >= 0.6 is 0 Å². The topological polar surface area (TPSA) is 205 Å². The maximum Gasteiger partial charge on any atom is 0.411 e. The van der Waals surface area contributed by atoms with Crippen molar-refractivity contribution in [1.82, 2.24) is 25.5 Å². The third-order valence-electron chi connectivity index (χ3n) is 12.0. The first kappa shape index (κ1) is 45.3. The van der Waals surface area contributed by atoms with E-state index >= 15 is 0 Å². The molecule has 4 heterocycles. The van der Waals surface area contributed by atoms with Crippen molar-refractivity contribution in [3.63, 3.8) is 0 Å². The number of cyclic esters (lactones) is 1. The van der Waals surface area contributed by atoms with Crippen LogP contribution in [0.4, 0.5) is 9.59 Å². The van der Waals surface area contributed by atoms with Crippen molar-refractivity contribution in [2.45, 2.75) is 129 Å². The first-order chi connectivity index (χ1) is 27.8. The second kappa shape index (κ2) is 18.7. The number of esters is 1. The lowest BCUT2D eigenvalue weighted by Crippen LogP contribution is -2.60. The SMILES string of the molecule is CC[C@H]1OC(=O)C(C)C(=O)[C@H](C)[C@@H](O[C@@H]2O[C@H](C)C[C@H](N(C)C)[C@H]2O)[C@](C)(OC(=O)N/C=C/c2ccc(-c3ncccn3)cc2)C[C@@H](C)C(=O)[C@H](C)[C@H]2NC(=O)O[C@@]21C. The Morgan fingerprint density at radius 2 is 1.68 bits per heavy atom. The highest BCUT2D eigenvalue weighted by molar-refractivity contribution is 6.00. The molecule has 2 aromatic rings. The molecule has 1 aromatic carbocycles. The molecule has 5 rings (SSSR count). The number of carbonyl (C=O) groups is 5. The number of nitrogens with one attached hydrogen (secondary N) is 2. The lowest BCUT2D eigenvalue weighted by atomic mass is 9.73. The number of ketones is 2. The van der Waals surface area contributed by atoms with Gasteiger partial charge in [-0.2, -0.15) is 0 Å². The van der Waals surface area contributed by atoms with Gasteiger partial charge < -0.3 is 39.0 Å². The molecule has 3 N–H and O–H groups in total. The van der Waals surface area contributed by atoms with Crippen molar-refractivity contribution in [2.24, 2.45) is 23.7 Å². The third kappa shape index (κ3) is 9.99. The number of hydrogen-bond donors (Lipinski definition) is 3. The number of Topliss-reactive ketones (excluding diaryl/α,β-unsaturated/α-hetero) is 2. The van der Waals surface area contributed by atoms with E-state index in [4.69, 9.17) is 23.7 Å². The monoisotopic (exact) mass is 821 g/mol. The van der Waals surface area contributed by atoms with Crippen LogP contribution in [0.1, 0.15) is 80.2 Å². The highest BCUT2D eigenvalue weighted by Crippen LogP contribution is 2.40. The Morgan fingerprint density at radius 1 is 1.02 bits per heavy atom. The molecule has 0 radical (unpaired) electrons. The molecular weight excluding hydrogens is 762 g/mol. The lowest BCUT2D eigenvalue weighted by molar-refractivity contribution is -0.292. The number of hydrogen-bond acceptors (Lipinski definition) is 14. The standard InChI is InChI=1S/C43H59N5O11/c1-11-31-43(8)35(47-41(54)59-43)25(4)32(49)23(2)22-42(7,58-40(53)46-20-17-28-13-15-29(16-14-28)37-44-18-12-19-45-37)36(26(5)33(50)27(6)38(52)56-31)57-39-34(51)30(48(9)10)21-24(3)55-39/h12-20,23-27,30-31,34-36,39,51H,11,21-22H2,1-10H3,(H,46,53)(H,47,54)/b20-17+/t23-,24-,25+,26+,27?,30+,31-,34-,35-,36-,39+,42-,43-/m1/s1. The quantitative estimate of drug-likeness (QED) is 0.188. The van der Waals surface area contributed by atoms with Gasteiger partial charge in [0.05, 0.1) is 12.1 Å². The molecule has 0 aliphatic carbocycles. The van der Waals surface area contributed by atoms with Crippen molar-refractivity contribution in [3.8, 4) is 11.4 Å². The summed E-state index contributed by atoms with van der Waals surface area (Å²) in [5.74, 6) is -5.46. The summed E-state index contributed by atoms with van der Waals surface area (Å²) in [6.07, 6.45) is 0.00199. The number of ether oxygens (including phenoxy) is 5. The molecule has 59 heavy (non-hydrogen) atoms. The molecule has 1 unspecified atom stereocenters. The van der Waals surface area contributed by atoms with Gasteiger partial charge in [-0.05, 0) is 78.8 Å². The number of nitrogens with zero attached hydrogens (tertiary/aromatic N) is 3. The Balaban J connectivity index is 1.52. The number of aliphatic hydroxyl groups excluding tert-OH is 1. The number of benzene rings is 1. The molecule has 3 aliphatic heterocycles. The number of alkyl carbamates (subject to hydrolysis) is 2. The van der Waals surface area contributed by atoms with E-state index in [0.717, 1.165) is 11.1 Å². The van der Waals surface area contributed by atoms with Gasteiger partial charge in [0.2, 0.25) is 0 Å². The minimum atomic E-state index is -1.77. The Labute approximate surface area is 345 Å². The zero-order chi connectivity index (χ0) is 43.4. The maximum absolute atomic E-state index is 14.4. The summed E-state index contributed by atoms with van der Waals surface area (Å²) in [5.41, 5.74) is -1.66. The van der Waals surface area contributed by atoms with Crippen LogP contribution in [0, 0.1) is 23.7 Å². The molecule has 0 saturated carbocycles. The van der Waals surface area contributed by atoms with Gasteiger partial charge in [0.25, 0.3) is 0 Å². The normalized spacial score (nSPS) is 36.0. The van der Waals surface area contributed by atoms with Gasteiger partial charge in [-0.1, -0.05) is 52.0 Å². The van der Waals surface area contributed by atoms with Gasteiger partial charge >= 0.3 is 18.2 Å². The summed E-state index contributed by atoms with van der Waals surface area (Å²) >= 11 is 0. The first-order valence-electron chi connectivity index (χ1n) is 20.3. The highest BCUT2D eigenvalue weighted by Gasteiger charge is 2.57. The van der Waals surface area contributed by atoms with E-state index in [-0.39, 0.29) is 30.8 Å². The Bertz CT molecular complexity index is 1860. The van der Waals surface area contributed by atoms with Crippen molar-refractivity contribution in [3.05, 3.63) is 54.5 Å². The van der Waals surface area contributed by atoms with E-state index in [2.05, 4.69) is 20.6 Å². The molecule has 16 heteroatoms. The number of fused-ring (bicyclic) bond motifs is 1. The fraction of sp³-hybridized carbons (Fsp3) is 0.605. The summed E-state index contributed by atoms with van der Waals surface area (Å²) in [6.45, 7) is 13.0. The fourth-order valence-corrected chi connectivity index (χ4v) is 8.72. The Hall–Kier alpha value is -4.77. The van der Waals surface area contributed by atoms with Gasteiger partial charge in [0.1, 0.15) is 35.6 Å². The number of amides is 2. The van der Waals surface area contributed by atoms with Crippen LogP contribution in [0.25, 0.3) is 17.5 Å². The summed E-state index contributed by atoms with van der Waals surface area (Å²) in [4.78, 5) is 79.6. The first-order valence-corrected chi connectivity index (χ1v) is 20.3. The molecule has 3 fully saturated rings. The van der Waals surface area contributed by atoms with E-state index < -0.39 is 89.5 Å². The van der Waals surface area contributed by atoms with Crippen LogP contribution in [0.5, 0.6) is 0 Å². The van der Waals surface area contributed by atoms with E-state index in [1.807, 2.05) is 50.2 Å². The average molecular weight is 822 g/mol. The van der Waals surface area contributed by atoms with Crippen LogP contribution in [0.2, 0.25) is 0 Å². The van der Waals surface area contributed by atoms with Crippen LogP contribution in [0.15, 0.2) is 48.9 Å². The summed E-state index contributed by atoms with van der Waals surface area (Å²) in [6, 6.07) is 7.78. The second-order valence-corrected chi connectivity index (χ2v) is 16.7. The second-order valence-electron chi connectivity index (χ2n) is 16.7. The predicted molar refractivity (Wildman–Crippen MR) is 215 cm³/mol. The largest absolute Gasteiger partial charge is 0.458 e. The minimum Gasteiger partial charge on any atom is -0.458 e. The smallest absolute Gasteiger partial charge is 0.411 e. The molecule has 3 aliphatic rings. The number of aliphatic hydroxyl groups is 1. The maximum atomic E-state index is 14.4. The van der Waals surface area contributed by atoms with E-state index in [1.165, 1.54) is 13.1 Å². The summed E-state index contributed by atoms with van der Waals surface area (Å²) in [7, 11) is 3.64. The lowest BCUT2D eigenvalue weighted by Gasteiger charge is -2.47. The minimum absolute atomic E-state index is 0.164. The van der Waals surface area contributed by atoms with Gasteiger partial charge in [-0.3, -0.25) is 19.7 Å². The molecule has 16 nitrogen and oxygen atoms in total. The number of carbonyl (C=O) groups excluding carboxylic acids is 5. The van der Waals surface area contributed by atoms with E-state index in [9.17, 15) is 29.1 Å². The molecule has 0 bridgehead atoms. The molecule has 322 valence electrons. The highest BCUT2D eigenvalue weighted by atomic mass is 16.7. The van der Waals surface area contributed by atoms with Crippen LogP contribution in [0.3, 0.4) is 0 Å². The Kier molecular flexibility index (Phi) is 14.3. The van der Waals surface area contributed by atoms with E-state index in [0.29, 0.717) is 12.2 Å². The molecular formula is C43H59N5O11. The average Bonchev–Trinajstić information content (AvgIpc) is 3.52. The van der Waals surface area contributed by atoms with Crippen LogP contribution < -0.4 is 10.6 Å². The number of likely N-dealkylation sites (N-methyl/N-ethyl adjacent to an activating group) is 1. The van der Waals surface area contributed by atoms with Crippen molar-refractivity contribution in [1.29, 1.82) is 0 Å².